The van der Waals surface area contributed by atoms with Gasteiger partial charge in [0.25, 0.3) is 0 Å². The van der Waals surface area contributed by atoms with Crippen molar-refractivity contribution in [3.63, 3.8) is 0 Å². The number of halogens is 1. The van der Waals surface area contributed by atoms with Crippen LogP contribution in [0.2, 0.25) is 0 Å². The molecule has 1 aromatic rings. The highest BCUT2D eigenvalue weighted by atomic mass is 79.9. The summed E-state index contributed by atoms with van der Waals surface area (Å²) in [6, 6.07) is 7.24. The van der Waals surface area contributed by atoms with Crippen molar-refractivity contribution >= 4 is 50.4 Å². The fourth-order valence-electron chi connectivity index (χ4n) is 1.38. The number of nitrogens with zero attached hydrogens (tertiary/aromatic N) is 1. The number of amidine groups is 1. The van der Waals surface area contributed by atoms with E-state index in [1.54, 1.807) is 12.1 Å². The van der Waals surface area contributed by atoms with Crippen LogP contribution in [0.4, 0.5) is 5.69 Å². The molecule has 1 amide bonds. The molecule has 1 saturated heterocycles. The molecule has 0 bridgehead atoms. The lowest BCUT2D eigenvalue weighted by Crippen LogP contribution is -2.31. The molecule has 1 heterocycles. The van der Waals surface area contributed by atoms with Crippen LogP contribution in [-0.2, 0) is 9.59 Å². The smallest absolute Gasteiger partial charge is 0.239 e. The second kappa shape index (κ2) is 5.53. The maximum atomic E-state index is 11.5. The number of rotatable bonds is 3. The van der Waals surface area contributed by atoms with E-state index in [4.69, 9.17) is 0 Å². The molecule has 1 N–H and O–H groups in total. The Hall–Kier alpha value is -1.34. The molecular weight excluding hydrogens is 320 g/mol. The van der Waals surface area contributed by atoms with Crippen LogP contribution in [0.1, 0.15) is 6.42 Å². The summed E-state index contributed by atoms with van der Waals surface area (Å²) in [7, 11) is 0. The number of nitrogens with one attached hydrogen (secondary N) is 1. The largest absolute Gasteiger partial charge is 0.550 e. The predicted molar refractivity (Wildman–Crippen MR) is 70.4 cm³/mol. The molecule has 1 aliphatic heterocycles. The van der Waals surface area contributed by atoms with Crippen molar-refractivity contribution in [1.29, 1.82) is 0 Å². The van der Waals surface area contributed by atoms with Crippen LogP contribution >= 0.6 is 27.7 Å². The number of aliphatic carboxylic acids is 1. The van der Waals surface area contributed by atoms with Crippen molar-refractivity contribution in [3.8, 4) is 0 Å². The van der Waals surface area contributed by atoms with E-state index >= 15 is 0 Å². The van der Waals surface area contributed by atoms with Crippen LogP contribution in [0.3, 0.4) is 0 Å². The Morgan fingerprint density at radius 2 is 2.11 bits per heavy atom. The average molecular weight is 328 g/mol. The van der Waals surface area contributed by atoms with E-state index in [-0.39, 0.29) is 12.3 Å². The third kappa shape index (κ3) is 3.33. The summed E-state index contributed by atoms with van der Waals surface area (Å²) in [6.07, 6.45) is -0.310. The summed E-state index contributed by atoms with van der Waals surface area (Å²) in [4.78, 5) is 26.1. The van der Waals surface area contributed by atoms with E-state index in [2.05, 4.69) is 26.2 Å². The van der Waals surface area contributed by atoms with Gasteiger partial charge < -0.3 is 15.2 Å². The van der Waals surface area contributed by atoms with Gasteiger partial charge in [0.2, 0.25) is 5.91 Å². The van der Waals surface area contributed by atoms with Crippen molar-refractivity contribution in [2.75, 3.05) is 0 Å². The van der Waals surface area contributed by atoms with Gasteiger partial charge in [-0.3, -0.25) is 4.79 Å². The fourth-order valence-corrected chi connectivity index (χ4v) is 2.61. The first-order chi connectivity index (χ1) is 8.54. The molecule has 0 radical (unpaired) electrons. The van der Waals surface area contributed by atoms with E-state index in [9.17, 15) is 14.7 Å². The Kier molecular flexibility index (Phi) is 4.03. The van der Waals surface area contributed by atoms with Gasteiger partial charge in [0.15, 0.2) is 5.17 Å². The maximum absolute atomic E-state index is 11.5. The highest BCUT2D eigenvalue weighted by molar-refractivity contribution is 9.10. The lowest BCUT2D eigenvalue weighted by molar-refractivity contribution is -0.305. The zero-order chi connectivity index (χ0) is 13.1. The SMILES string of the molecule is O=C([O-])C[C@H]1SC(=Nc2ccc(Br)cc2)NC1=O. The minimum Gasteiger partial charge on any atom is -0.550 e. The molecule has 94 valence electrons. The number of hydrogen-bond acceptors (Lipinski definition) is 5. The minimum absolute atomic E-state index is 0.310. The van der Waals surface area contributed by atoms with E-state index in [0.29, 0.717) is 10.9 Å². The number of carboxylic acids is 1. The summed E-state index contributed by atoms with van der Waals surface area (Å²) in [5.41, 5.74) is 0.690. The van der Waals surface area contributed by atoms with E-state index in [1.165, 1.54) is 0 Å². The lowest BCUT2D eigenvalue weighted by Gasteiger charge is -2.04. The summed E-state index contributed by atoms with van der Waals surface area (Å²) in [6.45, 7) is 0. The predicted octanol–water partition coefficient (Wildman–Crippen LogP) is 0.808. The molecule has 1 aromatic carbocycles. The van der Waals surface area contributed by atoms with Crippen LogP contribution in [0.15, 0.2) is 33.7 Å². The van der Waals surface area contributed by atoms with Crippen LogP contribution in [-0.4, -0.2) is 22.3 Å². The first-order valence-corrected chi connectivity index (χ1v) is 6.73. The van der Waals surface area contributed by atoms with E-state index in [1.807, 2.05) is 12.1 Å². The van der Waals surface area contributed by atoms with Gasteiger partial charge in [0.1, 0.15) is 0 Å². The van der Waals surface area contributed by atoms with Gasteiger partial charge >= 0.3 is 0 Å². The Balaban J connectivity index is 2.09. The molecule has 7 heteroatoms. The van der Waals surface area contributed by atoms with Gasteiger partial charge in [-0.15, -0.1) is 0 Å². The second-order valence-corrected chi connectivity index (χ2v) is 5.67. The molecular formula is C11H8BrN2O3S-. The Morgan fingerprint density at radius 3 is 2.72 bits per heavy atom. The van der Waals surface area contributed by atoms with Gasteiger partial charge in [-0.2, -0.15) is 0 Å². The van der Waals surface area contributed by atoms with Crippen LogP contribution in [0.25, 0.3) is 0 Å². The van der Waals surface area contributed by atoms with Crippen LogP contribution < -0.4 is 10.4 Å². The highest BCUT2D eigenvalue weighted by Crippen LogP contribution is 2.25. The van der Waals surface area contributed by atoms with Gasteiger partial charge in [0, 0.05) is 16.9 Å². The number of carbonyl (C=O) groups excluding carboxylic acids is 2. The summed E-state index contributed by atoms with van der Waals surface area (Å²) in [5, 5.41) is 12.7. The Labute approximate surface area is 116 Å². The number of aliphatic imine (C=N–C) groups is 1. The molecule has 2 rings (SSSR count). The first-order valence-electron chi connectivity index (χ1n) is 5.06. The molecule has 1 fully saturated rings. The normalized spacial score (nSPS) is 21.1. The monoisotopic (exact) mass is 327 g/mol. The lowest BCUT2D eigenvalue weighted by atomic mass is 10.3. The van der Waals surface area contributed by atoms with Gasteiger partial charge in [0.05, 0.1) is 10.9 Å². The maximum Gasteiger partial charge on any atom is 0.239 e. The zero-order valence-corrected chi connectivity index (χ0v) is 11.5. The Morgan fingerprint density at radius 1 is 1.44 bits per heavy atom. The summed E-state index contributed by atoms with van der Waals surface area (Å²) < 4.78 is 0.935. The first kappa shape index (κ1) is 13.1. The zero-order valence-electron chi connectivity index (χ0n) is 9.05. The quantitative estimate of drug-likeness (QED) is 0.890. The minimum atomic E-state index is -1.24. The van der Waals surface area contributed by atoms with Crippen molar-refractivity contribution < 1.29 is 14.7 Å². The van der Waals surface area contributed by atoms with Gasteiger partial charge in [-0.1, -0.05) is 27.7 Å². The molecule has 0 unspecified atom stereocenters. The molecule has 5 nitrogen and oxygen atoms in total. The molecule has 0 spiro atoms. The van der Waals surface area contributed by atoms with Crippen molar-refractivity contribution in [2.24, 2.45) is 4.99 Å². The number of benzene rings is 1. The van der Waals surface area contributed by atoms with Crippen LogP contribution in [0, 0.1) is 0 Å². The average Bonchev–Trinajstić information content (AvgIpc) is 2.62. The number of carboxylic acid groups (broad SMARTS) is 1. The third-order valence-electron chi connectivity index (χ3n) is 2.19. The van der Waals surface area contributed by atoms with E-state index in [0.717, 1.165) is 16.2 Å². The molecule has 1 atom stereocenters. The van der Waals surface area contributed by atoms with Crippen molar-refractivity contribution in [2.45, 2.75) is 11.7 Å². The number of thioether (sulfide) groups is 1. The fraction of sp³-hybridized carbons (Fsp3) is 0.182. The standard InChI is InChI=1S/C11H9BrN2O3S/c12-6-1-3-7(4-2-6)13-11-14-10(17)8(18-11)5-9(15)16/h1-4,8H,5H2,(H,15,16)(H,13,14,17)/p-1/t8-/m1/s1. The number of carbonyl (C=O) groups is 2. The molecule has 0 saturated carbocycles. The Bertz CT molecular complexity index is 516. The van der Waals surface area contributed by atoms with E-state index < -0.39 is 11.2 Å². The molecule has 18 heavy (non-hydrogen) atoms. The molecule has 0 aliphatic carbocycles. The summed E-state index contributed by atoms with van der Waals surface area (Å²) in [5.74, 6) is -1.59. The molecule has 0 aromatic heterocycles. The van der Waals surface area contributed by atoms with Crippen LogP contribution in [0.5, 0.6) is 0 Å². The van der Waals surface area contributed by atoms with Gasteiger partial charge in [-0.25, -0.2) is 4.99 Å². The molecule has 1 aliphatic rings. The highest BCUT2D eigenvalue weighted by Gasteiger charge is 2.30. The third-order valence-corrected chi connectivity index (χ3v) is 3.80. The van der Waals surface area contributed by atoms with Crippen molar-refractivity contribution in [3.05, 3.63) is 28.7 Å². The number of amides is 1. The van der Waals surface area contributed by atoms with Gasteiger partial charge in [-0.05, 0) is 24.3 Å². The van der Waals surface area contributed by atoms with Crippen molar-refractivity contribution in [1.82, 2.24) is 5.32 Å². The topological polar surface area (TPSA) is 81.6 Å². The number of hydrogen-bond donors (Lipinski definition) is 1. The second-order valence-electron chi connectivity index (χ2n) is 3.57. The summed E-state index contributed by atoms with van der Waals surface area (Å²) >= 11 is 4.41.